The molecule has 0 fully saturated rings. The molecule has 0 amide bonds. The molecule has 23 heavy (non-hydrogen) atoms. The SMILES string of the molecule is CCOC(=O)[C@H]1c2[nH]c3ccccc3c2CC[C@]1(C)C(=O)OC. The molecule has 122 valence electrons. The number of hydrogen-bond donors (Lipinski definition) is 1. The van der Waals surface area contributed by atoms with Gasteiger partial charge in [-0.3, -0.25) is 9.59 Å². The molecule has 1 aliphatic rings. The monoisotopic (exact) mass is 315 g/mol. The summed E-state index contributed by atoms with van der Waals surface area (Å²) >= 11 is 0. The second kappa shape index (κ2) is 5.72. The Hall–Kier alpha value is -2.30. The van der Waals surface area contributed by atoms with Crippen LogP contribution in [0.3, 0.4) is 0 Å². The average molecular weight is 315 g/mol. The molecule has 0 aliphatic heterocycles. The number of carbonyl (C=O) groups excluding carboxylic acids is 2. The lowest BCUT2D eigenvalue weighted by Gasteiger charge is -2.37. The zero-order chi connectivity index (χ0) is 16.6. The van der Waals surface area contributed by atoms with Crippen molar-refractivity contribution in [1.29, 1.82) is 0 Å². The van der Waals surface area contributed by atoms with E-state index in [0.717, 1.165) is 28.6 Å². The van der Waals surface area contributed by atoms with E-state index < -0.39 is 11.3 Å². The number of ether oxygens (including phenoxy) is 2. The van der Waals surface area contributed by atoms with Crippen molar-refractivity contribution in [3.05, 3.63) is 35.5 Å². The molecule has 0 bridgehead atoms. The van der Waals surface area contributed by atoms with E-state index in [9.17, 15) is 9.59 Å². The Bertz CT molecular complexity index is 763. The highest BCUT2D eigenvalue weighted by atomic mass is 16.5. The maximum atomic E-state index is 12.6. The molecule has 3 rings (SSSR count). The van der Waals surface area contributed by atoms with Gasteiger partial charge in [0.15, 0.2) is 0 Å². The molecule has 0 unspecified atom stereocenters. The number of rotatable bonds is 3. The molecule has 1 aromatic carbocycles. The summed E-state index contributed by atoms with van der Waals surface area (Å²) in [5.41, 5.74) is 1.93. The van der Waals surface area contributed by atoms with E-state index in [0.29, 0.717) is 6.42 Å². The number of carbonyl (C=O) groups is 2. The van der Waals surface area contributed by atoms with E-state index in [-0.39, 0.29) is 18.5 Å². The van der Waals surface area contributed by atoms with Gasteiger partial charge in [0, 0.05) is 16.6 Å². The first-order chi connectivity index (χ1) is 11.0. The highest BCUT2D eigenvalue weighted by Crippen LogP contribution is 2.48. The Morgan fingerprint density at radius 2 is 2.09 bits per heavy atom. The number of hydrogen-bond acceptors (Lipinski definition) is 4. The largest absolute Gasteiger partial charge is 0.469 e. The first kappa shape index (κ1) is 15.6. The topological polar surface area (TPSA) is 68.4 Å². The molecule has 1 N–H and O–H groups in total. The second-order valence-electron chi connectivity index (χ2n) is 6.16. The van der Waals surface area contributed by atoms with Crippen molar-refractivity contribution in [2.24, 2.45) is 5.41 Å². The maximum absolute atomic E-state index is 12.6. The minimum Gasteiger partial charge on any atom is -0.469 e. The summed E-state index contributed by atoms with van der Waals surface area (Å²) in [6, 6.07) is 7.94. The van der Waals surface area contributed by atoms with Gasteiger partial charge in [-0.05, 0) is 38.3 Å². The Morgan fingerprint density at radius 3 is 2.78 bits per heavy atom. The van der Waals surface area contributed by atoms with Gasteiger partial charge in [-0.15, -0.1) is 0 Å². The summed E-state index contributed by atoms with van der Waals surface area (Å²) in [6.07, 6.45) is 1.28. The highest BCUT2D eigenvalue weighted by Gasteiger charge is 2.52. The van der Waals surface area contributed by atoms with E-state index in [4.69, 9.17) is 9.47 Å². The summed E-state index contributed by atoms with van der Waals surface area (Å²) < 4.78 is 10.2. The third kappa shape index (κ3) is 2.31. The number of para-hydroxylation sites is 1. The average Bonchev–Trinajstić information content (AvgIpc) is 2.92. The van der Waals surface area contributed by atoms with Crippen molar-refractivity contribution in [1.82, 2.24) is 4.98 Å². The predicted octanol–water partition coefficient (Wildman–Crippen LogP) is 2.94. The zero-order valence-electron chi connectivity index (χ0n) is 13.6. The number of H-pyrrole nitrogens is 1. The summed E-state index contributed by atoms with van der Waals surface area (Å²) in [5.74, 6) is -1.43. The smallest absolute Gasteiger partial charge is 0.316 e. The molecule has 0 saturated carbocycles. The van der Waals surface area contributed by atoms with Gasteiger partial charge < -0.3 is 14.5 Å². The van der Waals surface area contributed by atoms with Crippen molar-refractivity contribution >= 4 is 22.8 Å². The summed E-state index contributed by atoms with van der Waals surface area (Å²) in [6.45, 7) is 3.83. The van der Waals surface area contributed by atoms with E-state index in [1.54, 1.807) is 13.8 Å². The molecule has 0 spiro atoms. The van der Waals surface area contributed by atoms with Crippen molar-refractivity contribution in [2.45, 2.75) is 32.6 Å². The third-order valence-electron chi connectivity index (χ3n) is 4.84. The van der Waals surface area contributed by atoms with Gasteiger partial charge >= 0.3 is 11.9 Å². The van der Waals surface area contributed by atoms with Crippen LogP contribution in [0.15, 0.2) is 24.3 Å². The summed E-state index contributed by atoms with van der Waals surface area (Å²) in [4.78, 5) is 28.3. The van der Waals surface area contributed by atoms with Crippen LogP contribution < -0.4 is 0 Å². The Balaban J connectivity index is 2.18. The lowest BCUT2D eigenvalue weighted by Crippen LogP contribution is -2.43. The van der Waals surface area contributed by atoms with Gasteiger partial charge in [-0.25, -0.2) is 0 Å². The van der Waals surface area contributed by atoms with Crippen molar-refractivity contribution in [2.75, 3.05) is 13.7 Å². The van der Waals surface area contributed by atoms with Gasteiger partial charge in [0.1, 0.15) is 5.92 Å². The quantitative estimate of drug-likeness (QED) is 0.884. The van der Waals surface area contributed by atoms with Crippen LogP contribution in [0, 0.1) is 5.41 Å². The number of benzene rings is 1. The van der Waals surface area contributed by atoms with Crippen LogP contribution in [0.1, 0.15) is 37.4 Å². The minimum atomic E-state index is -0.922. The van der Waals surface area contributed by atoms with Gasteiger partial charge in [0.05, 0.1) is 19.1 Å². The third-order valence-corrected chi connectivity index (χ3v) is 4.84. The number of aromatic nitrogens is 1. The highest BCUT2D eigenvalue weighted by molar-refractivity contribution is 5.93. The van der Waals surface area contributed by atoms with Crippen molar-refractivity contribution < 1.29 is 19.1 Å². The molecular weight excluding hydrogens is 294 g/mol. The maximum Gasteiger partial charge on any atom is 0.316 e. The summed E-state index contributed by atoms with van der Waals surface area (Å²) in [7, 11) is 1.36. The molecule has 2 aromatic rings. The predicted molar refractivity (Wildman–Crippen MR) is 86.1 cm³/mol. The van der Waals surface area contributed by atoms with Crippen LogP contribution >= 0.6 is 0 Å². The van der Waals surface area contributed by atoms with E-state index >= 15 is 0 Å². The number of methoxy groups -OCH3 is 1. The normalized spacial score (nSPS) is 23.3. The van der Waals surface area contributed by atoms with Gasteiger partial charge in [-0.2, -0.15) is 0 Å². The first-order valence-electron chi connectivity index (χ1n) is 7.87. The molecular formula is C18H21NO4. The van der Waals surface area contributed by atoms with Gasteiger partial charge in [0.2, 0.25) is 0 Å². The lowest BCUT2D eigenvalue weighted by atomic mass is 9.67. The fourth-order valence-electron chi connectivity index (χ4n) is 3.64. The standard InChI is InChI=1S/C18H21NO4/c1-4-23-16(20)14-15-12(9-10-18(14,2)17(21)22-3)11-7-5-6-8-13(11)19-15/h5-8,14,19H,4,9-10H2,1-3H3/t14-,18+/m1/s1. The van der Waals surface area contributed by atoms with Gasteiger partial charge in [-0.1, -0.05) is 18.2 Å². The molecule has 1 aromatic heterocycles. The van der Waals surface area contributed by atoms with E-state index in [1.165, 1.54) is 7.11 Å². The molecule has 5 nitrogen and oxygen atoms in total. The first-order valence-corrected chi connectivity index (χ1v) is 7.87. The van der Waals surface area contributed by atoms with Crippen LogP contribution in [-0.2, 0) is 25.5 Å². The molecule has 2 atom stereocenters. The molecule has 1 heterocycles. The molecule has 0 saturated heterocycles. The molecule has 0 radical (unpaired) electrons. The van der Waals surface area contributed by atoms with E-state index in [1.807, 2.05) is 24.3 Å². The zero-order valence-corrected chi connectivity index (χ0v) is 13.6. The van der Waals surface area contributed by atoms with Crippen LogP contribution in [0.2, 0.25) is 0 Å². The number of esters is 2. The minimum absolute atomic E-state index is 0.280. The van der Waals surface area contributed by atoms with Crippen molar-refractivity contribution in [3.63, 3.8) is 0 Å². The molecule has 1 aliphatic carbocycles. The van der Waals surface area contributed by atoms with Crippen LogP contribution in [0.4, 0.5) is 0 Å². The van der Waals surface area contributed by atoms with Crippen LogP contribution in [-0.4, -0.2) is 30.6 Å². The molecule has 5 heteroatoms. The summed E-state index contributed by atoms with van der Waals surface area (Å²) in [5, 5.41) is 1.10. The number of nitrogens with one attached hydrogen (secondary N) is 1. The fourth-order valence-corrected chi connectivity index (χ4v) is 3.64. The Morgan fingerprint density at radius 1 is 1.35 bits per heavy atom. The van der Waals surface area contributed by atoms with Crippen LogP contribution in [0.25, 0.3) is 10.9 Å². The fraction of sp³-hybridized carbons (Fsp3) is 0.444. The number of aromatic amines is 1. The lowest BCUT2D eigenvalue weighted by molar-refractivity contribution is -0.163. The Kier molecular flexibility index (Phi) is 3.88. The van der Waals surface area contributed by atoms with E-state index in [2.05, 4.69) is 4.98 Å². The number of fused-ring (bicyclic) bond motifs is 3. The number of aryl methyl sites for hydroxylation is 1. The Labute approximate surface area is 135 Å². The second-order valence-corrected chi connectivity index (χ2v) is 6.16. The van der Waals surface area contributed by atoms with Crippen LogP contribution in [0.5, 0.6) is 0 Å². The van der Waals surface area contributed by atoms with Gasteiger partial charge in [0.25, 0.3) is 0 Å². The van der Waals surface area contributed by atoms with Crippen molar-refractivity contribution in [3.8, 4) is 0 Å².